The lowest BCUT2D eigenvalue weighted by atomic mass is 10.1. The molecule has 27 heavy (non-hydrogen) atoms. The van der Waals surface area contributed by atoms with Gasteiger partial charge in [-0.2, -0.15) is 13.9 Å². The minimum absolute atomic E-state index is 0. The molecule has 0 saturated carbocycles. The fourth-order valence-electron chi connectivity index (χ4n) is 2.16. The molecule has 0 aliphatic heterocycles. The van der Waals surface area contributed by atoms with Crippen molar-refractivity contribution in [1.82, 2.24) is 4.57 Å². The Labute approximate surface area is 157 Å². The third-order valence-electron chi connectivity index (χ3n) is 3.59. The molecular formula is C16H20N2O8S. The molecule has 1 aromatic carbocycles. The molecule has 148 valence electrons. The Balaban J connectivity index is 0.00000108. The SMILES string of the molecule is COc1cc(O)cc(O)c1/C=C/c1cc(C)[n+](C)c(=O)n1C.O=S(=O)([O-])[O-].[H+]. The van der Waals surface area contributed by atoms with Gasteiger partial charge in [-0.15, -0.1) is 0 Å². The molecule has 0 fully saturated rings. The van der Waals surface area contributed by atoms with E-state index in [9.17, 15) is 15.0 Å². The first-order valence-electron chi connectivity index (χ1n) is 7.36. The highest BCUT2D eigenvalue weighted by Gasteiger charge is 2.13. The number of ether oxygens (including phenoxy) is 1. The molecule has 0 unspecified atom stereocenters. The van der Waals surface area contributed by atoms with Crippen molar-refractivity contribution in [3.63, 3.8) is 0 Å². The van der Waals surface area contributed by atoms with E-state index in [-0.39, 0.29) is 18.6 Å². The predicted octanol–water partition coefficient (Wildman–Crippen LogP) is -0.117. The highest BCUT2D eigenvalue weighted by Crippen LogP contribution is 2.34. The smallest absolute Gasteiger partial charge is 0.759 e. The van der Waals surface area contributed by atoms with Crippen LogP contribution in [0.25, 0.3) is 12.2 Å². The van der Waals surface area contributed by atoms with Gasteiger partial charge in [0.2, 0.25) is 0 Å². The summed E-state index contributed by atoms with van der Waals surface area (Å²) in [7, 11) is -0.330. The molecule has 0 aliphatic rings. The highest BCUT2D eigenvalue weighted by atomic mass is 32.3. The number of aromatic nitrogens is 2. The second kappa shape index (κ2) is 8.66. The van der Waals surface area contributed by atoms with E-state index in [0.29, 0.717) is 17.0 Å². The quantitative estimate of drug-likeness (QED) is 0.410. The van der Waals surface area contributed by atoms with Crippen LogP contribution in [0.2, 0.25) is 0 Å². The van der Waals surface area contributed by atoms with E-state index in [2.05, 4.69) is 0 Å². The lowest BCUT2D eigenvalue weighted by Crippen LogP contribution is -2.53. The van der Waals surface area contributed by atoms with Crippen LogP contribution in [0.3, 0.4) is 0 Å². The van der Waals surface area contributed by atoms with Crippen molar-refractivity contribution in [2.45, 2.75) is 6.92 Å². The summed E-state index contributed by atoms with van der Waals surface area (Å²) >= 11 is 0. The number of aryl methyl sites for hydroxylation is 1. The van der Waals surface area contributed by atoms with Gasteiger partial charge in [-0.05, 0) is 19.1 Å². The van der Waals surface area contributed by atoms with Gasteiger partial charge < -0.3 is 24.1 Å². The van der Waals surface area contributed by atoms with Crippen molar-refractivity contribution in [3.05, 3.63) is 45.6 Å². The van der Waals surface area contributed by atoms with Crippen LogP contribution in [0, 0.1) is 6.92 Å². The summed E-state index contributed by atoms with van der Waals surface area (Å²) in [5.41, 5.74) is 1.81. The summed E-state index contributed by atoms with van der Waals surface area (Å²) in [6.07, 6.45) is 3.35. The molecular weight excluding hydrogens is 380 g/mol. The maximum absolute atomic E-state index is 12.0. The first-order valence-corrected chi connectivity index (χ1v) is 8.70. The average Bonchev–Trinajstić information content (AvgIpc) is 2.54. The van der Waals surface area contributed by atoms with Gasteiger partial charge in [0.05, 0.1) is 26.8 Å². The van der Waals surface area contributed by atoms with Crippen molar-refractivity contribution < 1.29 is 38.5 Å². The molecule has 11 heteroatoms. The van der Waals surface area contributed by atoms with Crippen LogP contribution in [0.4, 0.5) is 0 Å². The summed E-state index contributed by atoms with van der Waals surface area (Å²) in [5, 5.41) is 19.4. The number of hydrogen-bond donors (Lipinski definition) is 2. The fourth-order valence-corrected chi connectivity index (χ4v) is 2.16. The molecule has 0 radical (unpaired) electrons. The van der Waals surface area contributed by atoms with E-state index >= 15 is 0 Å². The maximum Gasteiger partial charge on any atom is 1.00 e. The molecule has 1 aromatic heterocycles. The number of nitrogens with zero attached hydrogens (tertiary/aromatic N) is 2. The maximum atomic E-state index is 12.0. The molecule has 0 saturated heterocycles. The molecule has 0 bridgehead atoms. The number of benzene rings is 1. The molecule has 0 aliphatic carbocycles. The number of aromatic hydroxyl groups is 2. The predicted molar refractivity (Wildman–Crippen MR) is 94.4 cm³/mol. The Morgan fingerprint density at radius 1 is 1.22 bits per heavy atom. The number of methoxy groups -OCH3 is 1. The van der Waals surface area contributed by atoms with Gasteiger partial charge in [0.25, 0.3) is 0 Å². The van der Waals surface area contributed by atoms with E-state index < -0.39 is 10.4 Å². The number of hydrogen-bond acceptors (Lipinski definition) is 8. The van der Waals surface area contributed by atoms with Gasteiger partial charge in [-0.1, -0.05) is 0 Å². The summed E-state index contributed by atoms with van der Waals surface area (Å²) in [6.45, 7) is 1.84. The van der Waals surface area contributed by atoms with Gasteiger partial charge in [0.15, 0.2) is 0 Å². The molecule has 0 spiro atoms. The highest BCUT2D eigenvalue weighted by molar-refractivity contribution is 7.79. The third kappa shape index (κ3) is 6.40. The Morgan fingerprint density at radius 3 is 2.30 bits per heavy atom. The largest absolute Gasteiger partial charge is 1.00 e. The summed E-state index contributed by atoms with van der Waals surface area (Å²) in [5.74, 6) is 0.162. The molecule has 2 rings (SSSR count). The van der Waals surface area contributed by atoms with E-state index in [1.165, 1.54) is 23.8 Å². The lowest BCUT2D eigenvalue weighted by molar-refractivity contribution is -0.696. The Morgan fingerprint density at radius 2 is 1.78 bits per heavy atom. The number of phenolic OH excluding ortho intramolecular Hbond substituents is 2. The second-order valence-corrected chi connectivity index (χ2v) is 6.25. The third-order valence-corrected chi connectivity index (χ3v) is 3.59. The van der Waals surface area contributed by atoms with Crippen LogP contribution in [0.15, 0.2) is 23.0 Å². The Bertz CT molecular complexity index is 1020. The first-order chi connectivity index (χ1) is 12.3. The summed E-state index contributed by atoms with van der Waals surface area (Å²) in [4.78, 5) is 12.0. The average molecular weight is 400 g/mol. The molecule has 2 N–H and O–H groups in total. The lowest BCUT2D eigenvalue weighted by Gasteiger charge is -2.08. The van der Waals surface area contributed by atoms with E-state index in [1.54, 1.807) is 30.8 Å². The van der Waals surface area contributed by atoms with Crippen molar-refractivity contribution in [1.29, 1.82) is 0 Å². The Kier molecular flexibility index (Phi) is 7.11. The van der Waals surface area contributed by atoms with Gasteiger partial charge in [0.1, 0.15) is 28.6 Å². The molecule has 2 aromatic rings. The van der Waals surface area contributed by atoms with Crippen molar-refractivity contribution in [3.8, 4) is 17.2 Å². The van der Waals surface area contributed by atoms with Gasteiger partial charge >= 0.3 is 7.12 Å². The monoisotopic (exact) mass is 400 g/mol. The minimum atomic E-state index is -5.17. The standard InChI is InChI=1S/C16H18N2O4.H2O4S/c1-10-7-11(18(3)16(21)17(10)2)5-6-13-14(20)8-12(19)9-15(13)22-4;1-5(2,3)4/h5-9H,1-4H3,(H,19,20);(H2,1,2,3,4). The zero-order chi connectivity index (χ0) is 20.9. The van der Waals surface area contributed by atoms with Crippen LogP contribution in [-0.4, -0.2) is 39.4 Å². The first kappa shape index (κ1) is 22.2. The van der Waals surface area contributed by atoms with Crippen LogP contribution in [0.5, 0.6) is 17.2 Å². The zero-order valence-electron chi connectivity index (χ0n) is 16.0. The summed E-state index contributed by atoms with van der Waals surface area (Å²) < 4.78 is 42.3. The van der Waals surface area contributed by atoms with Crippen molar-refractivity contribution >= 4 is 22.6 Å². The van der Waals surface area contributed by atoms with E-state index in [4.69, 9.17) is 22.3 Å². The molecule has 0 amide bonds. The van der Waals surface area contributed by atoms with Gasteiger partial charge in [-0.3, -0.25) is 8.42 Å². The fraction of sp³-hybridized carbons (Fsp3) is 0.250. The number of phenols is 2. The van der Waals surface area contributed by atoms with Crippen molar-refractivity contribution in [2.75, 3.05) is 7.11 Å². The van der Waals surface area contributed by atoms with Gasteiger partial charge in [0, 0.05) is 28.6 Å². The van der Waals surface area contributed by atoms with Crippen LogP contribution < -0.4 is 15.0 Å². The van der Waals surface area contributed by atoms with Crippen molar-refractivity contribution in [2.24, 2.45) is 14.1 Å². The number of rotatable bonds is 3. The zero-order valence-corrected chi connectivity index (χ0v) is 15.8. The van der Waals surface area contributed by atoms with Gasteiger partial charge in [-0.25, -0.2) is 0 Å². The van der Waals surface area contributed by atoms with E-state index in [0.717, 1.165) is 5.69 Å². The molecule has 0 atom stereocenters. The topological polar surface area (TPSA) is 156 Å². The molecule has 10 nitrogen and oxygen atoms in total. The van der Waals surface area contributed by atoms with Crippen LogP contribution in [-0.2, 0) is 24.5 Å². The molecule has 1 heterocycles. The normalized spacial score (nSPS) is 11.2. The van der Waals surface area contributed by atoms with E-state index in [1.807, 2.05) is 13.0 Å². The second-order valence-electron chi connectivity index (χ2n) is 5.43. The van der Waals surface area contributed by atoms with Crippen LogP contribution in [0.1, 0.15) is 18.4 Å². The Hall–Kier alpha value is -2.89. The minimum Gasteiger partial charge on any atom is -0.759 e. The van der Waals surface area contributed by atoms with Crippen LogP contribution >= 0.6 is 0 Å². The summed E-state index contributed by atoms with van der Waals surface area (Å²) in [6, 6.07) is 4.51.